The van der Waals surface area contributed by atoms with Crippen molar-refractivity contribution in [1.29, 1.82) is 0 Å². The van der Waals surface area contributed by atoms with Gasteiger partial charge in [-0.3, -0.25) is 4.79 Å². The molecule has 0 bridgehead atoms. The van der Waals surface area contributed by atoms with E-state index >= 15 is 0 Å². The molecule has 0 aliphatic heterocycles. The van der Waals surface area contributed by atoms with Crippen LogP contribution in [0.2, 0.25) is 0 Å². The first kappa shape index (κ1) is 13.9. The Morgan fingerprint density at radius 3 is 2.74 bits per heavy atom. The van der Waals surface area contributed by atoms with Crippen molar-refractivity contribution in [3.05, 3.63) is 23.8 Å². The van der Waals surface area contributed by atoms with Gasteiger partial charge in [-0.05, 0) is 42.4 Å². The van der Waals surface area contributed by atoms with E-state index < -0.39 is 0 Å². The average molecular weight is 260 g/mol. The zero-order valence-corrected chi connectivity index (χ0v) is 12.1. The molecule has 0 saturated heterocycles. The van der Waals surface area contributed by atoms with E-state index in [2.05, 4.69) is 26.1 Å². The Labute approximate surface area is 115 Å². The predicted octanol–water partition coefficient (Wildman–Crippen LogP) is 3.60. The Balaban J connectivity index is 2.09. The maximum absolute atomic E-state index is 12.3. The van der Waals surface area contributed by atoms with Gasteiger partial charge in [0.1, 0.15) is 0 Å². The van der Waals surface area contributed by atoms with Gasteiger partial charge in [-0.1, -0.05) is 33.3 Å². The lowest BCUT2D eigenvalue weighted by Gasteiger charge is -2.26. The number of hydrogen-bond donors (Lipinski definition) is 2. The summed E-state index contributed by atoms with van der Waals surface area (Å²) in [5, 5.41) is 3.01. The molecule has 1 aliphatic carbocycles. The van der Waals surface area contributed by atoms with E-state index in [4.69, 9.17) is 5.73 Å². The summed E-state index contributed by atoms with van der Waals surface area (Å²) in [5.74, 6) is 0.241. The number of anilines is 2. The standard InChI is InChI=1S/C16H24N2O/c1-4-11-7-8-12(10-14(11)17)18-15(19)13-6-5-9-16(13,2)3/h7-8,10,13H,4-6,9,17H2,1-3H3,(H,18,19). The van der Waals surface area contributed by atoms with E-state index in [1.165, 1.54) is 0 Å². The van der Waals surface area contributed by atoms with Crippen LogP contribution in [0.15, 0.2) is 18.2 Å². The minimum atomic E-state index is 0.110. The summed E-state index contributed by atoms with van der Waals surface area (Å²) in [6.07, 6.45) is 4.17. The van der Waals surface area contributed by atoms with Gasteiger partial charge in [-0.15, -0.1) is 0 Å². The van der Waals surface area contributed by atoms with Crippen LogP contribution in [-0.4, -0.2) is 5.91 Å². The van der Waals surface area contributed by atoms with Crippen LogP contribution in [0.1, 0.15) is 45.6 Å². The van der Waals surface area contributed by atoms with E-state index in [0.717, 1.165) is 42.6 Å². The number of amides is 1. The van der Waals surface area contributed by atoms with Crippen LogP contribution < -0.4 is 11.1 Å². The monoisotopic (exact) mass is 260 g/mol. The van der Waals surface area contributed by atoms with Crippen LogP contribution in [0.25, 0.3) is 0 Å². The second-order valence-corrected chi connectivity index (χ2v) is 6.19. The molecule has 1 fully saturated rings. The van der Waals surface area contributed by atoms with Gasteiger partial charge in [0.2, 0.25) is 5.91 Å². The molecule has 0 radical (unpaired) electrons. The molecule has 1 aromatic rings. The average Bonchev–Trinajstić information content (AvgIpc) is 2.69. The largest absolute Gasteiger partial charge is 0.398 e. The zero-order chi connectivity index (χ0) is 14.0. The smallest absolute Gasteiger partial charge is 0.228 e. The summed E-state index contributed by atoms with van der Waals surface area (Å²) in [4.78, 5) is 12.3. The third-order valence-corrected chi connectivity index (χ3v) is 4.37. The number of nitrogens with two attached hydrogens (primary N) is 1. The van der Waals surface area contributed by atoms with Crippen molar-refractivity contribution >= 4 is 17.3 Å². The molecule has 0 aromatic heterocycles. The number of nitrogen functional groups attached to an aromatic ring is 1. The SMILES string of the molecule is CCc1ccc(NC(=O)C2CCCC2(C)C)cc1N. The summed E-state index contributed by atoms with van der Waals surface area (Å²) in [6, 6.07) is 5.79. The van der Waals surface area contributed by atoms with Gasteiger partial charge in [0.25, 0.3) is 0 Å². The van der Waals surface area contributed by atoms with Crippen LogP contribution in [0.5, 0.6) is 0 Å². The van der Waals surface area contributed by atoms with Crippen molar-refractivity contribution in [2.45, 2.75) is 46.5 Å². The lowest BCUT2D eigenvalue weighted by molar-refractivity contribution is -0.122. The lowest BCUT2D eigenvalue weighted by Crippen LogP contribution is -2.30. The quantitative estimate of drug-likeness (QED) is 0.816. The summed E-state index contributed by atoms with van der Waals surface area (Å²) >= 11 is 0. The van der Waals surface area contributed by atoms with Gasteiger partial charge in [-0.25, -0.2) is 0 Å². The molecular weight excluding hydrogens is 236 g/mol. The molecule has 2 rings (SSSR count). The fourth-order valence-electron chi connectivity index (χ4n) is 3.04. The number of rotatable bonds is 3. The molecule has 0 heterocycles. The second kappa shape index (κ2) is 5.24. The third-order valence-electron chi connectivity index (χ3n) is 4.37. The highest BCUT2D eigenvalue weighted by Gasteiger charge is 2.39. The van der Waals surface area contributed by atoms with Crippen LogP contribution in [0, 0.1) is 11.3 Å². The van der Waals surface area contributed by atoms with Crippen molar-refractivity contribution < 1.29 is 4.79 Å². The molecule has 1 aromatic carbocycles. The zero-order valence-electron chi connectivity index (χ0n) is 12.1. The molecule has 1 amide bonds. The Hall–Kier alpha value is -1.51. The minimum absolute atomic E-state index is 0.110. The highest BCUT2D eigenvalue weighted by Crippen LogP contribution is 2.43. The Morgan fingerprint density at radius 2 is 2.21 bits per heavy atom. The first-order chi connectivity index (χ1) is 8.94. The summed E-state index contributed by atoms with van der Waals surface area (Å²) < 4.78 is 0. The van der Waals surface area contributed by atoms with E-state index in [-0.39, 0.29) is 17.2 Å². The van der Waals surface area contributed by atoms with E-state index in [1.54, 1.807) is 0 Å². The van der Waals surface area contributed by atoms with E-state index in [1.807, 2.05) is 18.2 Å². The minimum Gasteiger partial charge on any atom is -0.398 e. The summed E-state index contributed by atoms with van der Waals surface area (Å²) in [5.41, 5.74) is 8.76. The number of aryl methyl sites for hydroxylation is 1. The van der Waals surface area contributed by atoms with E-state index in [0.29, 0.717) is 0 Å². The van der Waals surface area contributed by atoms with Crippen LogP contribution >= 0.6 is 0 Å². The second-order valence-electron chi connectivity index (χ2n) is 6.19. The molecule has 3 nitrogen and oxygen atoms in total. The molecule has 1 atom stereocenters. The third kappa shape index (κ3) is 2.91. The summed E-state index contributed by atoms with van der Waals surface area (Å²) in [7, 11) is 0. The highest BCUT2D eigenvalue weighted by molar-refractivity contribution is 5.93. The molecule has 1 aliphatic rings. The number of carbonyl (C=O) groups excluding carboxylic acids is 1. The van der Waals surface area contributed by atoms with Crippen molar-refractivity contribution in [2.75, 3.05) is 11.1 Å². The maximum Gasteiger partial charge on any atom is 0.228 e. The van der Waals surface area contributed by atoms with Crippen molar-refractivity contribution in [3.63, 3.8) is 0 Å². The van der Waals surface area contributed by atoms with Crippen molar-refractivity contribution in [1.82, 2.24) is 0 Å². The fourth-order valence-corrected chi connectivity index (χ4v) is 3.04. The van der Waals surface area contributed by atoms with Gasteiger partial charge >= 0.3 is 0 Å². The molecule has 1 saturated carbocycles. The van der Waals surface area contributed by atoms with Crippen molar-refractivity contribution in [3.8, 4) is 0 Å². The van der Waals surface area contributed by atoms with Crippen LogP contribution in [0.4, 0.5) is 11.4 Å². The molecule has 3 N–H and O–H groups in total. The van der Waals surface area contributed by atoms with Crippen molar-refractivity contribution in [2.24, 2.45) is 11.3 Å². The number of hydrogen-bond acceptors (Lipinski definition) is 2. The molecule has 0 spiro atoms. The first-order valence-electron chi connectivity index (χ1n) is 7.13. The van der Waals surface area contributed by atoms with Gasteiger partial charge < -0.3 is 11.1 Å². The van der Waals surface area contributed by atoms with E-state index in [9.17, 15) is 4.79 Å². The number of nitrogens with one attached hydrogen (secondary N) is 1. The molecule has 19 heavy (non-hydrogen) atoms. The number of benzene rings is 1. The maximum atomic E-state index is 12.3. The highest BCUT2D eigenvalue weighted by atomic mass is 16.1. The Bertz CT molecular complexity index is 480. The molecule has 104 valence electrons. The molecule has 3 heteroatoms. The van der Waals surface area contributed by atoms with Crippen LogP contribution in [-0.2, 0) is 11.2 Å². The van der Waals surface area contributed by atoms with Gasteiger partial charge in [0.15, 0.2) is 0 Å². The van der Waals surface area contributed by atoms with Crippen LogP contribution in [0.3, 0.4) is 0 Å². The lowest BCUT2D eigenvalue weighted by atomic mass is 9.81. The summed E-state index contributed by atoms with van der Waals surface area (Å²) in [6.45, 7) is 6.43. The Morgan fingerprint density at radius 1 is 1.47 bits per heavy atom. The Kier molecular flexibility index (Phi) is 3.83. The van der Waals surface area contributed by atoms with Gasteiger partial charge in [0.05, 0.1) is 0 Å². The number of carbonyl (C=O) groups is 1. The predicted molar refractivity (Wildman–Crippen MR) is 80.0 cm³/mol. The molecule has 1 unspecified atom stereocenters. The molecular formula is C16H24N2O. The fraction of sp³-hybridized carbons (Fsp3) is 0.562. The first-order valence-corrected chi connectivity index (χ1v) is 7.13. The van der Waals surface area contributed by atoms with Gasteiger partial charge in [-0.2, -0.15) is 0 Å². The topological polar surface area (TPSA) is 55.1 Å². The van der Waals surface area contributed by atoms with Gasteiger partial charge in [0, 0.05) is 17.3 Å². The normalized spacial score (nSPS) is 21.3.